The topological polar surface area (TPSA) is 64.7 Å². The lowest BCUT2D eigenvalue weighted by Crippen LogP contribution is -2.19. The van der Waals surface area contributed by atoms with Gasteiger partial charge >= 0.3 is 0 Å². The Labute approximate surface area is 145 Å². The van der Waals surface area contributed by atoms with Crippen LogP contribution in [0.3, 0.4) is 0 Å². The van der Waals surface area contributed by atoms with Crippen molar-refractivity contribution in [3.8, 4) is 0 Å². The second-order valence-corrected chi connectivity index (χ2v) is 6.10. The molecule has 2 heterocycles. The fourth-order valence-electron chi connectivity index (χ4n) is 2.42. The van der Waals surface area contributed by atoms with Gasteiger partial charge in [0.2, 0.25) is 5.91 Å². The molecule has 1 amide bonds. The van der Waals surface area contributed by atoms with Gasteiger partial charge in [-0.25, -0.2) is 0 Å². The van der Waals surface area contributed by atoms with Crippen molar-refractivity contribution in [3.05, 3.63) is 64.6 Å². The van der Waals surface area contributed by atoms with Crippen LogP contribution in [0.15, 0.2) is 42.6 Å². The minimum atomic E-state index is -0.162. The zero-order chi connectivity index (χ0) is 17.1. The van der Waals surface area contributed by atoms with E-state index < -0.39 is 0 Å². The summed E-state index contributed by atoms with van der Waals surface area (Å²) >= 11 is 6.01. The Bertz CT molecular complexity index is 868. The molecule has 3 rings (SSSR count). The molecule has 0 aliphatic rings. The van der Waals surface area contributed by atoms with E-state index in [2.05, 4.69) is 15.5 Å². The summed E-state index contributed by atoms with van der Waals surface area (Å²) in [4.78, 5) is 12.1. The van der Waals surface area contributed by atoms with Crippen molar-refractivity contribution in [2.45, 2.75) is 26.9 Å². The summed E-state index contributed by atoms with van der Waals surface area (Å²) in [6.07, 6.45) is 1.78. The predicted octanol–water partition coefficient (Wildman–Crippen LogP) is 3.04. The standard InChI is InChI=1S/C17H18ClN5O/c1-12-6-7-22(20-12)11-17(24)19-16-8-13(2)23(21-16)10-14-4-3-5-15(18)9-14/h3-9H,10-11H2,1-2H3,(H,19,21,24). The maximum absolute atomic E-state index is 12.1. The van der Waals surface area contributed by atoms with Crippen LogP contribution in [0.4, 0.5) is 5.82 Å². The minimum absolute atomic E-state index is 0.161. The van der Waals surface area contributed by atoms with E-state index in [0.717, 1.165) is 17.0 Å². The molecule has 0 fully saturated rings. The van der Waals surface area contributed by atoms with Crippen LogP contribution >= 0.6 is 11.6 Å². The van der Waals surface area contributed by atoms with Gasteiger partial charge in [0.05, 0.1) is 12.2 Å². The molecule has 0 aliphatic carbocycles. The number of carbonyl (C=O) groups is 1. The molecule has 0 atom stereocenters. The van der Waals surface area contributed by atoms with Gasteiger partial charge in [0.1, 0.15) is 6.54 Å². The highest BCUT2D eigenvalue weighted by molar-refractivity contribution is 6.30. The number of nitrogens with one attached hydrogen (secondary N) is 1. The molecular weight excluding hydrogens is 326 g/mol. The fraction of sp³-hybridized carbons (Fsp3) is 0.235. The van der Waals surface area contributed by atoms with E-state index in [-0.39, 0.29) is 12.5 Å². The molecule has 0 radical (unpaired) electrons. The van der Waals surface area contributed by atoms with Crippen molar-refractivity contribution in [1.82, 2.24) is 19.6 Å². The third kappa shape index (κ3) is 4.02. The number of rotatable bonds is 5. The average Bonchev–Trinajstić information content (AvgIpc) is 3.05. The fourth-order valence-corrected chi connectivity index (χ4v) is 2.63. The quantitative estimate of drug-likeness (QED) is 0.774. The minimum Gasteiger partial charge on any atom is -0.308 e. The van der Waals surface area contributed by atoms with Gasteiger partial charge in [-0.05, 0) is 37.6 Å². The highest BCUT2D eigenvalue weighted by atomic mass is 35.5. The lowest BCUT2D eigenvalue weighted by atomic mass is 10.2. The second-order valence-electron chi connectivity index (χ2n) is 5.66. The Balaban J connectivity index is 1.66. The van der Waals surface area contributed by atoms with Gasteiger partial charge in [-0.15, -0.1) is 0 Å². The van der Waals surface area contributed by atoms with Gasteiger partial charge in [-0.1, -0.05) is 23.7 Å². The van der Waals surface area contributed by atoms with E-state index >= 15 is 0 Å². The summed E-state index contributed by atoms with van der Waals surface area (Å²) in [5, 5.41) is 12.1. The molecule has 3 aromatic rings. The summed E-state index contributed by atoms with van der Waals surface area (Å²) in [6.45, 7) is 4.59. The molecule has 7 heteroatoms. The number of aromatic nitrogens is 4. The number of amides is 1. The molecule has 0 saturated carbocycles. The van der Waals surface area contributed by atoms with Crippen LogP contribution in [-0.2, 0) is 17.9 Å². The largest absolute Gasteiger partial charge is 0.308 e. The summed E-state index contributed by atoms with van der Waals surface area (Å²) in [5.41, 5.74) is 2.89. The molecule has 0 unspecified atom stereocenters. The summed E-state index contributed by atoms with van der Waals surface area (Å²) in [7, 11) is 0. The van der Waals surface area contributed by atoms with Gasteiger partial charge in [0.15, 0.2) is 5.82 Å². The van der Waals surface area contributed by atoms with E-state index in [1.165, 1.54) is 0 Å². The molecule has 6 nitrogen and oxygen atoms in total. The first kappa shape index (κ1) is 16.3. The first-order valence-electron chi connectivity index (χ1n) is 7.58. The Morgan fingerprint density at radius 1 is 1.21 bits per heavy atom. The Morgan fingerprint density at radius 3 is 2.75 bits per heavy atom. The van der Waals surface area contributed by atoms with Crippen molar-refractivity contribution in [1.29, 1.82) is 0 Å². The van der Waals surface area contributed by atoms with Crippen LogP contribution < -0.4 is 5.32 Å². The van der Waals surface area contributed by atoms with E-state index in [1.54, 1.807) is 10.9 Å². The maximum Gasteiger partial charge on any atom is 0.247 e. The van der Waals surface area contributed by atoms with Gasteiger partial charge < -0.3 is 5.32 Å². The van der Waals surface area contributed by atoms with Crippen LogP contribution in [0.25, 0.3) is 0 Å². The van der Waals surface area contributed by atoms with Gasteiger partial charge in [0, 0.05) is 23.0 Å². The van der Waals surface area contributed by atoms with Gasteiger partial charge in [0.25, 0.3) is 0 Å². The molecule has 0 bridgehead atoms. The summed E-state index contributed by atoms with van der Waals surface area (Å²) in [5.74, 6) is 0.369. The number of benzene rings is 1. The summed E-state index contributed by atoms with van der Waals surface area (Å²) in [6, 6.07) is 11.3. The lowest BCUT2D eigenvalue weighted by molar-refractivity contribution is -0.116. The number of anilines is 1. The maximum atomic E-state index is 12.1. The number of carbonyl (C=O) groups excluding carboxylic acids is 1. The molecule has 124 valence electrons. The van der Waals surface area contributed by atoms with E-state index in [4.69, 9.17) is 11.6 Å². The van der Waals surface area contributed by atoms with Crippen molar-refractivity contribution in [2.75, 3.05) is 5.32 Å². The monoisotopic (exact) mass is 343 g/mol. The average molecular weight is 344 g/mol. The van der Waals surface area contributed by atoms with Crippen LogP contribution in [0.1, 0.15) is 17.0 Å². The number of hydrogen-bond donors (Lipinski definition) is 1. The highest BCUT2D eigenvalue weighted by Gasteiger charge is 2.09. The van der Waals surface area contributed by atoms with Crippen molar-refractivity contribution < 1.29 is 4.79 Å². The van der Waals surface area contributed by atoms with Crippen LogP contribution in [0, 0.1) is 13.8 Å². The Kier molecular flexibility index (Phi) is 4.66. The first-order chi connectivity index (χ1) is 11.5. The molecule has 0 aliphatic heterocycles. The molecule has 0 spiro atoms. The number of hydrogen-bond acceptors (Lipinski definition) is 3. The SMILES string of the molecule is Cc1ccn(CC(=O)Nc2cc(C)n(Cc3cccc(Cl)c3)n2)n1. The Morgan fingerprint density at radius 2 is 2.04 bits per heavy atom. The van der Waals surface area contributed by atoms with Crippen molar-refractivity contribution >= 4 is 23.3 Å². The number of aryl methyl sites for hydroxylation is 2. The van der Waals surface area contributed by atoms with Crippen molar-refractivity contribution in [2.24, 2.45) is 0 Å². The molecule has 1 N–H and O–H groups in total. The van der Waals surface area contributed by atoms with Crippen LogP contribution in [0.2, 0.25) is 5.02 Å². The van der Waals surface area contributed by atoms with Gasteiger partial charge in [-0.3, -0.25) is 14.2 Å². The smallest absolute Gasteiger partial charge is 0.247 e. The number of nitrogens with zero attached hydrogens (tertiary/aromatic N) is 4. The third-order valence-electron chi connectivity index (χ3n) is 3.55. The third-order valence-corrected chi connectivity index (χ3v) is 3.78. The molecule has 2 aromatic heterocycles. The molecule has 1 aromatic carbocycles. The van der Waals surface area contributed by atoms with Crippen LogP contribution in [0.5, 0.6) is 0 Å². The predicted molar refractivity (Wildman–Crippen MR) is 93.1 cm³/mol. The highest BCUT2D eigenvalue weighted by Crippen LogP contribution is 2.14. The molecular formula is C17H18ClN5O. The van der Waals surface area contributed by atoms with Crippen molar-refractivity contribution in [3.63, 3.8) is 0 Å². The normalized spacial score (nSPS) is 10.8. The second kappa shape index (κ2) is 6.88. The van der Waals surface area contributed by atoms with E-state index in [9.17, 15) is 4.79 Å². The van der Waals surface area contributed by atoms with Gasteiger partial charge in [-0.2, -0.15) is 10.2 Å². The number of halogens is 1. The first-order valence-corrected chi connectivity index (χ1v) is 7.96. The molecule has 0 saturated heterocycles. The van der Waals surface area contributed by atoms with E-state index in [0.29, 0.717) is 17.4 Å². The lowest BCUT2D eigenvalue weighted by Gasteiger charge is -2.05. The van der Waals surface area contributed by atoms with Crippen LogP contribution in [-0.4, -0.2) is 25.5 Å². The Hall–Kier alpha value is -2.60. The summed E-state index contributed by atoms with van der Waals surface area (Å²) < 4.78 is 3.43. The zero-order valence-corrected chi connectivity index (χ0v) is 14.3. The molecule has 24 heavy (non-hydrogen) atoms. The van der Waals surface area contributed by atoms with E-state index in [1.807, 2.05) is 54.9 Å². The zero-order valence-electron chi connectivity index (χ0n) is 13.5.